The summed E-state index contributed by atoms with van der Waals surface area (Å²) in [5.41, 5.74) is 5.19. The number of ether oxygens (including phenoxy) is 1. The van der Waals surface area contributed by atoms with Crippen molar-refractivity contribution in [3.05, 3.63) is 59.8 Å². The van der Waals surface area contributed by atoms with Crippen LogP contribution in [0, 0.1) is 13.8 Å². The van der Waals surface area contributed by atoms with Crippen molar-refractivity contribution in [1.29, 1.82) is 0 Å². The normalized spacial score (nSPS) is 14.7. The van der Waals surface area contributed by atoms with Gasteiger partial charge in [-0.05, 0) is 88.7 Å². The first-order valence-corrected chi connectivity index (χ1v) is 13.6. The van der Waals surface area contributed by atoms with E-state index in [4.69, 9.17) is 14.8 Å². The third kappa shape index (κ3) is 6.06. The minimum absolute atomic E-state index is 0.0212. The standard InChI is InChI=1S/C28H35N7OS/c1-18-8-6-9-19(2)24(18)31-25-23-17-29-27(32-26(23)35(33-25)21-12-14-36-15-13-21)30-20-10-7-11-22(16-20)37-34-28(3,4)5/h6-11,16-17,21,34H,12-15H2,1-5H3,(H,31,33)(H,29,30,32). The highest BCUT2D eigenvalue weighted by atomic mass is 32.2. The van der Waals surface area contributed by atoms with Gasteiger partial charge >= 0.3 is 0 Å². The van der Waals surface area contributed by atoms with E-state index in [1.54, 1.807) is 11.9 Å². The van der Waals surface area contributed by atoms with E-state index in [2.05, 4.69) is 90.0 Å². The van der Waals surface area contributed by atoms with Crippen LogP contribution in [0.15, 0.2) is 53.6 Å². The summed E-state index contributed by atoms with van der Waals surface area (Å²) >= 11 is 1.62. The van der Waals surface area contributed by atoms with E-state index in [1.807, 2.05) is 18.3 Å². The molecule has 9 heteroatoms. The van der Waals surface area contributed by atoms with Crippen LogP contribution in [0.1, 0.15) is 50.8 Å². The fraction of sp³-hybridized carbons (Fsp3) is 0.393. The Bertz CT molecular complexity index is 1370. The molecule has 0 unspecified atom stereocenters. The van der Waals surface area contributed by atoms with Crippen molar-refractivity contribution in [2.75, 3.05) is 23.8 Å². The second-order valence-electron chi connectivity index (χ2n) is 10.6. The Morgan fingerprint density at radius 2 is 1.73 bits per heavy atom. The Labute approximate surface area is 222 Å². The smallest absolute Gasteiger partial charge is 0.229 e. The highest BCUT2D eigenvalue weighted by Crippen LogP contribution is 2.33. The van der Waals surface area contributed by atoms with E-state index in [0.717, 1.165) is 59.2 Å². The highest BCUT2D eigenvalue weighted by molar-refractivity contribution is 7.97. The molecule has 1 aliphatic rings. The minimum atomic E-state index is 0.0212. The third-order valence-corrected chi connectivity index (χ3v) is 7.48. The molecule has 37 heavy (non-hydrogen) atoms. The van der Waals surface area contributed by atoms with Crippen LogP contribution >= 0.6 is 11.9 Å². The summed E-state index contributed by atoms with van der Waals surface area (Å²) in [4.78, 5) is 10.7. The quantitative estimate of drug-likeness (QED) is 0.234. The maximum absolute atomic E-state index is 5.61. The number of aromatic nitrogens is 4. The Morgan fingerprint density at radius 1 is 1.00 bits per heavy atom. The van der Waals surface area contributed by atoms with Crippen LogP contribution in [-0.2, 0) is 4.74 Å². The molecule has 0 spiro atoms. The van der Waals surface area contributed by atoms with Gasteiger partial charge in [-0.3, -0.25) is 4.72 Å². The molecule has 0 saturated carbocycles. The predicted octanol–water partition coefficient (Wildman–Crippen LogP) is 6.68. The number of hydrogen-bond donors (Lipinski definition) is 3. The van der Waals surface area contributed by atoms with Gasteiger partial charge in [0, 0.05) is 41.2 Å². The molecule has 0 amide bonds. The molecule has 8 nitrogen and oxygen atoms in total. The van der Waals surface area contributed by atoms with E-state index in [-0.39, 0.29) is 11.6 Å². The second-order valence-corrected chi connectivity index (χ2v) is 11.4. The van der Waals surface area contributed by atoms with Crippen molar-refractivity contribution in [1.82, 2.24) is 24.5 Å². The van der Waals surface area contributed by atoms with Crippen molar-refractivity contribution >= 4 is 46.1 Å². The van der Waals surface area contributed by atoms with E-state index < -0.39 is 0 Å². The zero-order chi connectivity index (χ0) is 26.0. The molecule has 0 aliphatic carbocycles. The molecular formula is C28H35N7OS. The van der Waals surface area contributed by atoms with Crippen LogP contribution in [0.4, 0.5) is 23.1 Å². The summed E-state index contributed by atoms with van der Waals surface area (Å²) < 4.78 is 11.1. The molecular weight excluding hydrogens is 482 g/mol. The Hall–Kier alpha value is -3.14. The van der Waals surface area contributed by atoms with Crippen molar-refractivity contribution in [2.24, 2.45) is 0 Å². The molecule has 1 saturated heterocycles. The Morgan fingerprint density at radius 3 is 2.46 bits per heavy atom. The minimum Gasteiger partial charge on any atom is -0.381 e. The zero-order valence-electron chi connectivity index (χ0n) is 22.1. The Balaban J connectivity index is 1.47. The second kappa shape index (κ2) is 10.7. The molecule has 3 N–H and O–H groups in total. The van der Waals surface area contributed by atoms with Gasteiger partial charge < -0.3 is 15.4 Å². The lowest BCUT2D eigenvalue weighted by molar-refractivity contribution is 0.0674. The van der Waals surface area contributed by atoms with Crippen molar-refractivity contribution in [3.63, 3.8) is 0 Å². The van der Waals surface area contributed by atoms with Crippen LogP contribution in [0.5, 0.6) is 0 Å². The first-order valence-electron chi connectivity index (χ1n) is 12.7. The van der Waals surface area contributed by atoms with Crippen LogP contribution in [0.3, 0.4) is 0 Å². The highest BCUT2D eigenvalue weighted by Gasteiger charge is 2.23. The molecule has 194 valence electrons. The number of anilines is 4. The number of rotatable bonds is 7. The van der Waals surface area contributed by atoms with Crippen molar-refractivity contribution in [2.45, 2.75) is 63.9 Å². The van der Waals surface area contributed by atoms with Crippen molar-refractivity contribution < 1.29 is 4.74 Å². The molecule has 2 aromatic heterocycles. The van der Waals surface area contributed by atoms with Gasteiger partial charge in [-0.25, -0.2) is 9.67 Å². The fourth-order valence-electron chi connectivity index (χ4n) is 4.37. The van der Waals surface area contributed by atoms with Gasteiger partial charge in [-0.2, -0.15) is 10.1 Å². The molecule has 2 aromatic carbocycles. The van der Waals surface area contributed by atoms with Gasteiger partial charge in [-0.1, -0.05) is 24.3 Å². The van der Waals surface area contributed by atoms with Gasteiger partial charge in [0.15, 0.2) is 11.5 Å². The van der Waals surface area contributed by atoms with E-state index >= 15 is 0 Å². The summed E-state index contributed by atoms with van der Waals surface area (Å²) in [6.45, 7) is 12.1. The molecule has 0 bridgehead atoms. The lowest BCUT2D eigenvalue weighted by Gasteiger charge is -2.22. The predicted molar refractivity (Wildman–Crippen MR) is 152 cm³/mol. The lowest BCUT2D eigenvalue weighted by Crippen LogP contribution is -2.29. The molecule has 5 rings (SSSR count). The van der Waals surface area contributed by atoms with Crippen LogP contribution in [0.2, 0.25) is 0 Å². The summed E-state index contributed by atoms with van der Waals surface area (Å²) in [7, 11) is 0. The largest absolute Gasteiger partial charge is 0.381 e. The monoisotopic (exact) mass is 517 g/mol. The maximum Gasteiger partial charge on any atom is 0.229 e. The average molecular weight is 518 g/mol. The SMILES string of the molecule is Cc1cccc(C)c1Nc1nn(C2CCOCC2)c2nc(Nc3cccc(SNC(C)(C)C)c3)ncc12. The number of benzene rings is 2. The number of aryl methyl sites for hydroxylation is 2. The number of hydrogen-bond acceptors (Lipinski definition) is 8. The molecule has 0 atom stereocenters. The first kappa shape index (κ1) is 25.5. The topological polar surface area (TPSA) is 88.9 Å². The van der Waals surface area contributed by atoms with Crippen LogP contribution < -0.4 is 15.4 Å². The number of fused-ring (bicyclic) bond motifs is 1. The van der Waals surface area contributed by atoms with Gasteiger partial charge in [0.2, 0.25) is 5.95 Å². The third-order valence-electron chi connectivity index (χ3n) is 6.27. The summed E-state index contributed by atoms with van der Waals surface area (Å²) in [6, 6.07) is 14.8. The average Bonchev–Trinajstić information content (AvgIpc) is 3.23. The van der Waals surface area contributed by atoms with Crippen molar-refractivity contribution in [3.8, 4) is 0 Å². The fourth-order valence-corrected chi connectivity index (χ4v) is 5.13. The van der Waals surface area contributed by atoms with E-state index in [0.29, 0.717) is 5.95 Å². The number of para-hydroxylation sites is 1. The van der Waals surface area contributed by atoms with E-state index in [1.165, 1.54) is 11.1 Å². The van der Waals surface area contributed by atoms with Crippen LogP contribution in [-0.4, -0.2) is 38.5 Å². The summed E-state index contributed by atoms with van der Waals surface area (Å²) in [6.07, 6.45) is 3.68. The molecule has 4 aromatic rings. The maximum atomic E-state index is 5.61. The van der Waals surface area contributed by atoms with Gasteiger partial charge in [0.1, 0.15) is 0 Å². The van der Waals surface area contributed by atoms with Crippen LogP contribution in [0.25, 0.3) is 11.0 Å². The molecule has 0 radical (unpaired) electrons. The number of nitrogens with one attached hydrogen (secondary N) is 3. The van der Waals surface area contributed by atoms with Gasteiger partial charge in [0.25, 0.3) is 0 Å². The van der Waals surface area contributed by atoms with Gasteiger partial charge in [0.05, 0.1) is 11.4 Å². The lowest BCUT2D eigenvalue weighted by atomic mass is 10.1. The van der Waals surface area contributed by atoms with E-state index in [9.17, 15) is 0 Å². The molecule has 1 fully saturated rings. The first-order chi connectivity index (χ1) is 17.8. The molecule has 3 heterocycles. The van der Waals surface area contributed by atoms with Gasteiger partial charge in [-0.15, -0.1) is 0 Å². The zero-order valence-corrected chi connectivity index (χ0v) is 22.9. The summed E-state index contributed by atoms with van der Waals surface area (Å²) in [5, 5.41) is 12.9. The summed E-state index contributed by atoms with van der Waals surface area (Å²) in [5.74, 6) is 1.32. The molecule has 1 aliphatic heterocycles. The number of nitrogens with zero attached hydrogens (tertiary/aromatic N) is 4. The Kier molecular flexibility index (Phi) is 7.37.